The SMILES string of the molecule is CC(=O)N[C@@H](CC(=O)OCC(=O)Nc1ccc2c(c1)CCC2)c1ccccc1. The molecule has 1 aliphatic carbocycles. The van der Waals surface area contributed by atoms with Gasteiger partial charge < -0.3 is 15.4 Å². The van der Waals surface area contributed by atoms with Crippen molar-refractivity contribution in [2.75, 3.05) is 11.9 Å². The molecule has 2 aromatic rings. The molecule has 0 heterocycles. The van der Waals surface area contributed by atoms with Crippen molar-refractivity contribution in [2.45, 2.75) is 38.6 Å². The summed E-state index contributed by atoms with van der Waals surface area (Å²) in [5, 5.41) is 5.50. The number of hydrogen-bond acceptors (Lipinski definition) is 4. The average molecular weight is 380 g/mol. The van der Waals surface area contributed by atoms with E-state index in [0.29, 0.717) is 5.69 Å². The second-order valence-electron chi connectivity index (χ2n) is 6.91. The molecule has 3 rings (SSSR count). The number of aryl methyl sites for hydroxylation is 2. The van der Waals surface area contributed by atoms with Crippen LogP contribution in [0.15, 0.2) is 48.5 Å². The minimum absolute atomic E-state index is 0.0459. The van der Waals surface area contributed by atoms with Crippen molar-refractivity contribution in [3.05, 3.63) is 65.2 Å². The maximum absolute atomic E-state index is 12.2. The van der Waals surface area contributed by atoms with E-state index in [-0.39, 0.29) is 24.8 Å². The van der Waals surface area contributed by atoms with Gasteiger partial charge >= 0.3 is 5.97 Å². The molecule has 2 N–H and O–H groups in total. The lowest BCUT2D eigenvalue weighted by molar-refractivity contribution is -0.148. The lowest BCUT2D eigenvalue weighted by Crippen LogP contribution is -2.29. The highest BCUT2D eigenvalue weighted by Crippen LogP contribution is 2.24. The molecule has 2 aromatic carbocycles. The van der Waals surface area contributed by atoms with Crippen LogP contribution in [0.1, 0.15) is 42.5 Å². The number of ether oxygens (including phenoxy) is 1. The van der Waals surface area contributed by atoms with E-state index in [2.05, 4.69) is 10.6 Å². The van der Waals surface area contributed by atoms with Gasteiger partial charge in [-0.3, -0.25) is 14.4 Å². The smallest absolute Gasteiger partial charge is 0.308 e. The van der Waals surface area contributed by atoms with Crippen molar-refractivity contribution in [1.82, 2.24) is 5.32 Å². The van der Waals surface area contributed by atoms with E-state index in [4.69, 9.17) is 4.74 Å². The Morgan fingerprint density at radius 2 is 1.79 bits per heavy atom. The first-order valence-electron chi connectivity index (χ1n) is 9.40. The number of carbonyl (C=O) groups excluding carboxylic acids is 3. The molecule has 0 spiro atoms. The fourth-order valence-electron chi connectivity index (χ4n) is 3.40. The highest BCUT2D eigenvalue weighted by Gasteiger charge is 2.19. The quantitative estimate of drug-likeness (QED) is 0.724. The molecule has 28 heavy (non-hydrogen) atoms. The van der Waals surface area contributed by atoms with Gasteiger partial charge in [-0.1, -0.05) is 36.4 Å². The monoisotopic (exact) mass is 380 g/mol. The van der Waals surface area contributed by atoms with Crippen LogP contribution in [0.2, 0.25) is 0 Å². The first kappa shape index (κ1) is 19.6. The maximum atomic E-state index is 12.2. The van der Waals surface area contributed by atoms with Crippen LogP contribution in [0.5, 0.6) is 0 Å². The van der Waals surface area contributed by atoms with Crippen molar-refractivity contribution in [3.63, 3.8) is 0 Å². The van der Waals surface area contributed by atoms with Gasteiger partial charge in [0.2, 0.25) is 5.91 Å². The number of fused-ring (bicyclic) bond motifs is 1. The zero-order valence-electron chi connectivity index (χ0n) is 15.9. The average Bonchev–Trinajstić information content (AvgIpc) is 3.14. The molecular formula is C22H24N2O4. The zero-order chi connectivity index (χ0) is 19.9. The Balaban J connectivity index is 1.51. The Morgan fingerprint density at radius 3 is 2.54 bits per heavy atom. The van der Waals surface area contributed by atoms with Crippen LogP contribution in [-0.2, 0) is 32.0 Å². The second kappa shape index (κ2) is 9.17. The Labute approximate surface area is 164 Å². The summed E-state index contributed by atoms with van der Waals surface area (Å²) in [6, 6.07) is 14.6. The van der Waals surface area contributed by atoms with Crippen molar-refractivity contribution in [2.24, 2.45) is 0 Å². The molecular weight excluding hydrogens is 356 g/mol. The zero-order valence-corrected chi connectivity index (χ0v) is 15.9. The summed E-state index contributed by atoms with van der Waals surface area (Å²) in [4.78, 5) is 35.7. The van der Waals surface area contributed by atoms with E-state index in [0.717, 1.165) is 24.8 Å². The molecule has 0 fully saturated rings. The summed E-state index contributed by atoms with van der Waals surface area (Å²) in [5.41, 5.74) is 4.10. The first-order chi connectivity index (χ1) is 13.5. The van der Waals surface area contributed by atoms with Crippen molar-refractivity contribution in [1.29, 1.82) is 0 Å². The predicted octanol–water partition coefficient (Wildman–Crippen LogP) is 2.92. The highest BCUT2D eigenvalue weighted by atomic mass is 16.5. The molecule has 1 aliphatic rings. The second-order valence-corrected chi connectivity index (χ2v) is 6.91. The van der Waals surface area contributed by atoms with E-state index < -0.39 is 12.0 Å². The van der Waals surface area contributed by atoms with Gasteiger partial charge in [-0.2, -0.15) is 0 Å². The van der Waals surface area contributed by atoms with E-state index in [1.165, 1.54) is 18.1 Å². The van der Waals surface area contributed by atoms with E-state index >= 15 is 0 Å². The number of hydrogen-bond donors (Lipinski definition) is 2. The highest BCUT2D eigenvalue weighted by molar-refractivity contribution is 5.93. The summed E-state index contributed by atoms with van der Waals surface area (Å²) >= 11 is 0. The number of anilines is 1. The molecule has 0 aromatic heterocycles. The largest absolute Gasteiger partial charge is 0.455 e. The van der Waals surface area contributed by atoms with Gasteiger partial charge in [-0.15, -0.1) is 0 Å². The van der Waals surface area contributed by atoms with Crippen LogP contribution in [-0.4, -0.2) is 24.4 Å². The third-order valence-electron chi connectivity index (χ3n) is 4.70. The molecule has 0 radical (unpaired) electrons. The predicted molar refractivity (Wildman–Crippen MR) is 106 cm³/mol. The third-order valence-corrected chi connectivity index (χ3v) is 4.70. The number of benzene rings is 2. The van der Waals surface area contributed by atoms with Crippen LogP contribution < -0.4 is 10.6 Å². The van der Waals surface area contributed by atoms with Crippen molar-refractivity contribution in [3.8, 4) is 0 Å². The summed E-state index contributed by atoms with van der Waals surface area (Å²) in [5.74, 6) is -1.18. The number of carbonyl (C=O) groups is 3. The normalized spacial score (nSPS) is 13.3. The Hall–Kier alpha value is -3.15. The Bertz CT molecular complexity index is 864. The fraction of sp³-hybridized carbons (Fsp3) is 0.318. The molecule has 1 atom stereocenters. The molecule has 2 amide bonds. The molecule has 0 aliphatic heterocycles. The molecule has 146 valence electrons. The van der Waals surface area contributed by atoms with Crippen molar-refractivity contribution < 1.29 is 19.1 Å². The first-order valence-corrected chi connectivity index (χ1v) is 9.40. The molecule has 6 heteroatoms. The Morgan fingerprint density at radius 1 is 1.04 bits per heavy atom. The van der Waals surface area contributed by atoms with E-state index in [1.807, 2.05) is 48.5 Å². The van der Waals surface area contributed by atoms with Crippen LogP contribution in [0.25, 0.3) is 0 Å². The molecule has 0 saturated carbocycles. The lowest BCUT2D eigenvalue weighted by Gasteiger charge is -2.17. The van der Waals surface area contributed by atoms with Gasteiger partial charge in [0.25, 0.3) is 5.91 Å². The summed E-state index contributed by atoms with van der Waals surface area (Å²) in [6.45, 7) is 1.03. The lowest BCUT2D eigenvalue weighted by atomic mass is 10.0. The fourth-order valence-corrected chi connectivity index (χ4v) is 3.40. The topological polar surface area (TPSA) is 84.5 Å². The Kier molecular flexibility index (Phi) is 6.42. The van der Waals surface area contributed by atoms with Gasteiger partial charge in [0.05, 0.1) is 12.5 Å². The standard InChI is InChI=1S/C22H24N2O4/c1-15(25)23-20(17-6-3-2-4-7-17)13-22(27)28-14-21(26)24-19-11-10-16-8-5-9-18(16)12-19/h2-4,6-7,10-12,20H,5,8-9,13-14H2,1H3,(H,23,25)(H,24,26)/t20-/m0/s1. The van der Waals surface area contributed by atoms with Crippen LogP contribution in [0, 0.1) is 0 Å². The van der Waals surface area contributed by atoms with Crippen LogP contribution >= 0.6 is 0 Å². The van der Waals surface area contributed by atoms with Gasteiger partial charge in [0, 0.05) is 12.6 Å². The van der Waals surface area contributed by atoms with Crippen LogP contribution in [0.3, 0.4) is 0 Å². The number of rotatable bonds is 7. The number of nitrogens with one attached hydrogen (secondary N) is 2. The maximum Gasteiger partial charge on any atom is 0.308 e. The van der Waals surface area contributed by atoms with Crippen LogP contribution in [0.4, 0.5) is 5.69 Å². The summed E-state index contributed by atoms with van der Waals surface area (Å²) < 4.78 is 5.10. The van der Waals surface area contributed by atoms with Gasteiger partial charge in [-0.05, 0) is 48.1 Å². The molecule has 0 unspecified atom stereocenters. The van der Waals surface area contributed by atoms with E-state index in [1.54, 1.807) is 0 Å². The summed E-state index contributed by atoms with van der Waals surface area (Å²) in [7, 11) is 0. The molecule has 0 bridgehead atoms. The van der Waals surface area contributed by atoms with Gasteiger partial charge in [0.1, 0.15) is 0 Å². The number of amides is 2. The van der Waals surface area contributed by atoms with Gasteiger partial charge in [-0.25, -0.2) is 0 Å². The van der Waals surface area contributed by atoms with Crippen molar-refractivity contribution >= 4 is 23.5 Å². The minimum atomic E-state index is -0.549. The third kappa shape index (κ3) is 5.42. The number of esters is 1. The minimum Gasteiger partial charge on any atom is -0.455 e. The molecule has 0 saturated heterocycles. The van der Waals surface area contributed by atoms with Gasteiger partial charge in [0.15, 0.2) is 6.61 Å². The van der Waals surface area contributed by atoms with E-state index in [9.17, 15) is 14.4 Å². The molecule has 6 nitrogen and oxygen atoms in total. The summed E-state index contributed by atoms with van der Waals surface area (Å²) in [6.07, 6.45) is 3.20.